The third kappa shape index (κ3) is 5.22. The molecular weight excluding hydrogens is 377 g/mol. The topological polar surface area (TPSA) is 88.3 Å². The zero-order valence-electron chi connectivity index (χ0n) is 14.1. The standard InChI is InChI=1S/C14H15F2N3O.C2HF3O2/c1-9-4-2-3-5-11(9)14(15,16)13-18-12(19-20-13)6-10-7-17-8-10;3-2(4,5)1(6)7/h2-5,10,17H,6-8H2,1H3;(H,6,7). The van der Waals surface area contributed by atoms with Crippen molar-refractivity contribution < 1.29 is 36.4 Å². The quantitative estimate of drug-likeness (QED) is 0.777. The Bertz CT molecular complexity index is 788. The van der Waals surface area contributed by atoms with Gasteiger partial charge in [0.05, 0.1) is 0 Å². The summed E-state index contributed by atoms with van der Waals surface area (Å²) in [5.41, 5.74) is 0.404. The Labute approximate surface area is 150 Å². The number of carboxylic acid groups (broad SMARTS) is 1. The van der Waals surface area contributed by atoms with E-state index in [0.717, 1.165) is 13.1 Å². The number of aromatic nitrogens is 2. The Morgan fingerprint density at radius 3 is 2.33 bits per heavy atom. The molecule has 1 aromatic heterocycles. The second kappa shape index (κ2) is 7.99. The van der Waals surface area contributed by atoms with Crippen LogP contribution in [0.4, 0.5) is 22.0 Å². The predicted octanol–water partition coefficient (Wildman–Crippen LogP) is 2.91. The fourth-order valence-electron chi connectivity index (χ4n) is 2.26. The summed E-state index contributed by atoms with van der Waals surface area (Å²) in [4.78, 5) is 12.8. The van der Waals surface area contributed by atoms with Gasteiger partial charge in [-0.25, -0.2) is 4.79 Å². The maximum atomic E-state index is 14.4. The van der Waals surface area contributed by atoms with Gasteiger partial charge < -0.3 is 14.9 Å². The molecule has 1 aromatic carbocycles. The van der Waals surface area contributed by atoms with Gasteiger partial charge >= 0.3 is 24.0 Å². The molecule has 0 radical (unpaired) electrons. The fourth-order valence-corrected chi connectivity index (χ4v) is 2.26. The van der Waals surface area contributed by atoms with Crippen molar-refractivity contribution in [3.05, 3.63) is 47.1 Å². The highest BCUT2D eigenvalue weighted by atomic mass is 19.4. The van der Waals surface area contributed by atoms with E-state index in [-0.39, 0.29) is 5.56 Å². The van der Waals surface area contributed by atoms with E-state index in [2.05, 4.69) is 15.5 Å². The monoisotopic (exact) mass is 393 g/mol. The first-order valence-corrected chi connectivity index (χ1v) is 7.79. The summed E-state index contributed by atoms with van der Waals surface area (Å²) in [6, 6.07) is 6.32. The number of aliphatic carboxylic acids is 1. The SMILES string of the molecule is Cc1ccccc1C(F)(F)c1nc(CC2CNC2)no1.O=C(O)C(F)(F)F. The normalized spacial score (nSPS) is 14.9. The second-order valence-corrected chi connectivity index (χ2v) is 5.94. The third-order valence-electron chi connectivity index (χ3n) is 3.80. The van der Waals surface area contributed by atoms with Crippen LogP contribution in [-0.4, -0.2) is 40.5 Å². The molecule has 2 aromatic rings. The molecule has 0 amide bonds. The molecule has 0 saturated carbocycles. The van der Waals surface area contributed by atoms with Crippen molar-refractivity contribution in [2.24, 2.45) is 5.92 Å². The molecular formula is C16H16F5N3O3. The zero-order chi connectivity index (χ0) is 20.2. The van der Waals surface area contributed by atoms with Crippen molar-refractivity contribution in [3.63, 3.8) is 0 Å². The predicted molar refractivity (Wildman–Crippen MR) is 82.2 cm³/mol. The summed E-state index contributed by atoms with van der Waals surface area (Å²) >= 11 is 0. The number of benzene rings is 1. The van der Waals surface area contributed by atoms with Crippen LogP contribution in [0.1, 0.15) is 22.8 Å². The summed E-state index contributed by atoms with van der Waals surface area (Å²) < 4.78 is 65.3. The molecule has 3 rings (SSSR count). The van der Waals surface area contributed by atoms with E-state index in [9.17, 15) is 22.0 Å². The van der Waals surface area contributed by atoms with Crippen molar-refractivity contribution >= 4 is 5.97 Å². The van der Waals surface area contributed by atoms with Crippen LogP contribution in [0.5, 0.6) is 0 Å². The number of carboxylic acids is 1. The lowest BCUT2D eigenvalue weighted by molar-refractivity contribution is -0.192. The van der Waals surface area contributed by atoms with Gasteiger partial charge in [0.2, 0.25) is 0 Å². The first-order chi connectivity index (χ1) is 12.5. The van der Waals surface area contributed by atoms with Gasteiger partial charge in [0.15, 0.2) is 5.82 Å². The number of carbonyl (C=O) groups is 1. The summed E-state index contributed by atoms with van der Waals surface area (Å²) in [7, 11) is 0. The fraction of sp³-hybridized carbons (Fsp3) is 0.438. The number of halogens is 5. The molecule has 1 fully saturated rings. The van der Waals surface area contributed by atoms with Gasteiger partial charge in [-0.1, -0.05) is 29.4 Å². The minimum absolute atomic E-state index is 0.0967. The molecule has 1 aliphatic rings. The van der Waals surface area contributed by atoms with Gasteiger partial charge in [-0.15, -0.1) is 0 Å². The molecule has 11 heteroatoms. The molecule has 0 unspecified atom stereocenters. The lowest BCUT2D eigenvalue weighted by Gasteiger charge is -2.25. The number of alkyl halides is 5. The highest BCUT2D eigenvalue weighted by molar-refractivity contribution is 5.73. The van der Waals surface area contributed by atoms with Gasteiger partial charge in [-0.05, 0) is 31.5 Å². The first kappa shape index (κ1) is 20.7. The van der Waals surface area contributed by atoms with E-state index in [4.69, 9.17) is 14.4 Å². The number of nitrogens with zero attached hydrogens (tertiary/aromatic N) is 2. The maximum absolute atomic E-state index is 14.4. The Hall–Kier alpha value is -2.56. The molecule has 2 heterocycles. The molecule has 0 spiro atoms. The van der Waals surface area contributed by atoms with E-state index in [1.807, 2.05) is 0 Å². The summed E-state index contributed by atoms with van der Waals surface area (Å²) in [6.07, 6.45) is -4.51. The molecule has 27 heavy (non-hydrogen) atoms. The van der Waals surface area contributed by atoms with Gasteiger partial charge in [-0.2, -0.15) is 26.9 Å². The number of nitrogens with one attached hydrogen (secondary N) is 1. The van der Waals surface area contributed by atoms with Gasteiger partial charge in [0.25, 0.3) is 0 Å². The van der Waals surface area contributed by atoms with Crippen LogP contribution in [0.25, 0.3) is 0 Å². The van der Waals surface area contributed by atoms with Crippen molar-refractivity contribution in [3.8, 4) is 0 Å². The second-order valence-electron chi connectivity index (χ2n) is 5.94. The van der Waals surface area contributed by atoms with Crippen LogP contribution in [0.15, 0.2) is 28.8 Å². The third-order valence-corrected chi connectivity index (χ3v) is 3.80. The van der Waals surface area contributed by atoms with Crippen molar-refractivity contribution in [1.29, 1.82) is 0 Å². The minimum Gasteiger partial charge on any atom is -0.475 e. The zero-order valence-corrected chi connectivity index (χ0v) is 14.1. The largest absolute Gasteiger partial charge is 0.490 e. The van der Waals surface area contributed by atoms with Gasteiger partial charge in [0, 0.05) is 12.0 Å². The highest BCUT2D eigenvalue weighted by Gasteiger charge is 2.42. The van der Waals surface area contributed by atoms with Gasteiger partial charge in [-0.3, -0.25) is 0 Å². The van der Waals surface area contributed by atoms with E-state index < -0.39 is 24.0 Å². The molecule has 1 saturated heterocycles. The number of aryl methyl sites for hydroxylation is 1. The van der Waals surface area contributed by atoms with Crippen LogP contribution in [0.2, 0.25) is 0 Å². The Morgan fingerprint density at radius 2 is 1.85 bits per heavy atom. The number of rotatable bonds is 4. The van der Waals surface area contributed by atoms with Crippen molar-refractivity contribution in [2.75, 3.05) is 13.1 Å². The highest BCUT2D eigenvalue weighted by Crippen LogP contribution is 2.36. The van der Waals surface area contributed by atoms with Crippen LogP contribution >= 0.6 is 0 Å². The van der Waals surface area contributed by atoms with Crippen molar-refractivity contribution in [2.45, 2.75) is 25.4 Å². The molecule has 6 nitrogen and oxygen atoms in total. The smallest absolute Gasteiger partial charge is 0.475 e. The summed E-state index contributed by atoms with van der Waals surface area (Å²) in [5.74, 6) is -5.89. The molecule has 0 atom stereocenters. The Kier molecular flexibility index (Phi) is 6.14. The summed E-state index contributed by atoms with van der Waals surface area (Å²) in [5, 5.41) is 13.9. The summed E-state index contributed by atoms with van der Waals surface area (Å²) in [6.45, 7) is 3.39. The van der Waals surface area contributed by atoms with E-state index in [1.165, 1.54) is 6.07 Å². The molecule has 0 aliphatic carbocycles. The van der Waals surface area contributed by atoms with Crippen LogP contribution in [0.3, 0.4) is 0 Å². The molecule has 2 N–H and O–H groups in total. The Balaban J connectivity index is 0.000000321. The number of hydrogen-bond acceptors (Lipinski definition) is 5. The van der Waals surface area contributed by atoms with Crippen LogP contribution in [0, 0.1) is 12.8 Å². The average Bonchev–Trinajstić information content (AvgIpc) is 3.00. The van der Waals surface area contributed by atoms with E-state index in [1.54, 1.807) is 25.1 Å². The Morgan fingerprint density at radius 1 is 1.26 bits per heavy atom. The first-order valence-electron chi connectivity index (χ1n) is 7.79. The van der Waals surface area contributed by atoms with Gasteiger partial charge in [0.1, 0.15) is 0 Å². The number of hydrogen-bond donors (Lipinski definition) is 2. The lowest BCUT2D eigenvalue weighted by Crippen LogP contribution is -2.43. The molecule has 0 bridgehead atoms. The van der Waals surface area contributed by atoms with E-state index in [0.29, 0.717) is 23.7 Å². The van der Waals surface area contributed by atoms with Crippen molar-refractivity contribution in [1.82, 2.24) is 15.5 Å². The van der Waals surface area contributed by atoms with Crippen LogP contribution < -0.4 is 5.32 Å². The maximum Gasteiger partial charge on any atom is 0.490 e. The van der Waals surface area contributed by atoms with Crippen LogP contribution in [-0.2, 0) is 17.1 Å². The molecule has 148 valence electrons. The lowest BCUT2D eigenvalue weighted by atomic mass is 9.99. The van der Waals surface area contributed by atoms with E-state index >= 15 is 0 Å². The minimum atomic E-state index is -5.08. The molecule has 1 aliphatic heterocycles. The average molecular weight is 393 g/mol.